The predicted octanol–water partition coefficient (Wildman–Crippen LogP) is 2.37. The summed E-state index contributed by atoms with van der Waals surface area (Å²) >= 11 is 1.22. The Balaban J connectivity index is 1.73. The van der Waals surface area contributed by atoms with Gasteiger partial charge in [-0.05, 0) is 24.3 Å². The lowest BCUT2D eigenvalue weighted by Crippen LogP contribution is -2.11. The van der Waals surface area contributed by atoms with E-state index >= 15 is 0 Å². The molecule has 0 spiro atoms. The number of hydrogen-bond acceptors (Lipinski definition) is 8. The van der Waals surface area contributed by atoms with E-state index in [0.717, 1.165) is 5.56 Å². The molecule has 0 saturated carbocycles. The highest BCUT2D eigenvalue weighted by molar-refractivity contribution is 7.89. The summed E-state index contributed by atoms with van der Waals surface area (Å²) in [5.74, 6) is 0. The van der Waals surface area contributed by atoms with Crippen LogP contribution >= 0.6 is 11.3 Å². The van der Waals surface area contributed by atoms with Gasteiger partial charge >= 0.3 is 0 Å². The minimum atomic E-state index is -3.77. The van der Waals surface area contributed by atoms with Crippen LogP contribution < -0.4 is 10.5 Å². The highest BCUT2D eigenvalue weighted by Crippen LogP contribution is 2.31. The van der Waals surface area contributed by atoms with E-state index in [0.29, 0.717) is 22.2 Å². The molecule has 154 valence electrons. The molecule has 0 aliphatic rings. The van der Waals surface area contributed by atoms with Crippen LogP contribution in [0.25, 0.3) is 16.4 Å². The number of sulfonamides is 1. The maximum absolute atomic E-state index is 11.5. The lowest BCUT2D eigenvalue weighted by Gasteiger charge is -2.07. The molecule has 2 aromatic heterocycles. The standard InChI is InChI=1S/C19H17N5O4S2/c20-30(27,28)14-8-6-13(7-9-14)21-15-10-24(19-22-16(11-29-19)18(25)26)23-17(15)12-4-2-1-3-5-12/h1-11,18,21,25-26H,(H2,20,27,28). The van der Waals surface area contributed by atoms with E-state index in [1.54, 1.807) is 28.4 Å². The van der Waals surface area contributed by atoms with Crippen LogP contribution in [0.4, 0.5) is 11.4 Å². The van der Waals surface area contributed by atoms with Gasteiger partial charge < -0.3 is 15.5 Å². The fourth-order valence-electron chi connectivity index (χ4n) is 2.76. The SMILES string of the molecule is NS(=O)(=O)c1ccc(Nc2cn(-c3nc(C(O)O)cs3)nc2-c2ccccc2)cc1. The van der Waals surface area contributed by atoms with E-state index < -0.39 is 16.3 Å². The fraction of sp³-hybridized carbons (Fsp3) is 0.0526. The molecular formula is C19H17N5O4S2. The molecule has 0 aliphatic heterocycles. The number of nitrogens with one attached hydrogen (secondary N) is 1. The third-order valence-electron chi connectivity index (χ3n) is 4.19. The molecule has 4 rings (SSSR count). The number of thiazole rings is 1. The second-order valence-electron chi connectivity index (χ2n) is 6.32. The van der Waals surface area contributed by atoms with Crippen molar-refractivity contribution in [3.05, 3.63) is 71.9 Å². The molecular weight excluding hydrogens is 426 g/mol. The molecule has 2 heterocycles. The molecule has 0 amide bonds. The van der Waals surface area contributed by atoms with E-state index in [1.807, 2.05) is 30.3 Å². The molecule has 4 aromatic rings. The summed E-state index contributed by atoms with van der Waals surface area (Å²) in [4.78, 5) is 4.20. The van der Waals surface area contributed by atoms with Gasteiger partial charge in [0, 0.05) is 16.6 Å². The van der Waals surface area contributed by atoms with E-state index in [9.17, 15) is 18.6 Å². The summed E-state index contributed by atoms with van der Waals surface area (Å²) in [7, 11) is -3.77. The van der Waals surface area contributed by atoms with E-state index in [1.165, 1.54) is 23.5 Å². The van der Waals surface area contributed by atoms with Crippen LogP contribution in [0.3, 0.4) is 0 Å². The number of anilines is 2. The summed E-state index contributed by atoms with van der Waals surface area (Å²) in [6, 6.07) is 15.5. The summed E-state index contributed by atoms with van der Waals surface area (Å²) in [6.45, 7) is 0. The third-order valence-corrected chi connectivity index (χ3v) is 5.97. The molecule has 0 atom stereocenters. The first kappa shape index (κ1) is 20.2. The van der Waals surface area contributed by atoms with Crippen molar-refractivity contribution in [2.75, 3.05) is 5.32 Å². The van der Waals surface area contributed by atoms with Gasteiger partial charge in [-0.1, -0.05) is 30.3 Å². The Morgan fingerprint density at radius 1 is 1.07 bits per heavy atom. The average Bonchev–Trinajstić information content (AvgIpc) is 3.36. The molecule has 0 radical (unpaired) electrons. The molecule has 9 nitrogen and oxygen atoms in total. The van der Waals surface area contributed by atoms with Crippen molar-refractivity contribution < 1.29 is 18.6 Å². The van der Waals surface area contributed by atoms with Crippen molar-refractivity contribution in [2.45, 2.75) is 11.2 Å². The van der Waals surface area contributed by atoms with Gasteiger partial charge in [-0.2, -0.15) is 5.10 Å². The Hall–Kier alpha value is -3.09. The molecule has 0 saturated heterocycles. The topological polar surface area (TPSA) is 143 Å². The van der Waals surface area contributed by atoms with Crippen LogP contribution in [0.15, 0.2) is 71.1 Å². The molecule has 2 aromatic carbocycles. The zero-order valence-electron chi connectivity index (χ0n) is 15.4. The normalized spacial score (nSPS) is 11.7. The molecule has 0 fully saturated rings. The van der Waals surface area contributed by atoms with Crippen LogP contribution in [0.1, 0.15) is 12.0 Å². The van der Waals surface area contributed by atoms with Gasteiger partial charge in [0.1, 0.15) is 11.4 Å². The summed E-state index contributed by atoms with van der Waals surface area (Å²) < 4.78 is 24.5. The van der Waals surface area contributed by atoms with Crippen molar-refractivity contribution in [1.29, 1.82) is 0 Å². The van der Waals surface area contributed by atoms with Gasteiger partial charge in [0.15, 0.2) is 6.29 Å². The number of primary sulfonamides is 1. The van der Waals surface area contributed by atoms with Crippen molar-refractivity contribution in [2.24, 2.45) is 5.14 Å². The van der Waals surface area contributed by atoms with Gasteiger partial charge in [0.25, 0.3) is 0 Å². The minimum absolute atomic E-state index is 0.0184. The Bertz CT molecular complexity index is 1270. The molecule has 0 aliphatic carbocycles. The summed E-state index contributed by atoms with van der Waals surface area (Å²) in [6.07, 6.45) is 0.0662. The maximum atomic E-state index is 11.5. The molecule has 0 unspecified atom stereocenters. The van der Waals surface area contributed by atoms with Crippen LogP contribution in [-0.2, 0) is 10.0 Å². The van der Waals surface area contributed by atoms with Crippen molar-refractivity contribution >= 4 is 32.7 Å². The summed E-state index contributed by atoms with van der Waals surface area (Å²) in [5.41, 5.74) is 2.95. The number of aliphatic hydroxyl groups is 2. The van der Waals surface area contributed by atoms with Crippen molar-refractivity contribution in [3.8, 4) is 16.4 Å². The number of aliphatic hydroxyl groups excluding tert-OH is 1. The first-order valence-electron chi connectivity index (χ1n) is 8.68. The lowest BCUT2D eigenvalue weighted by molar-refractivity contribution is -0.0454. The van der Waals surface area contributed by atoms with Crippen LogP contribution in [-0.4, -0.2) is 33.4 Å². The number of hydrogen-bond donors (Lipinski definition) is 4. The zero-order chi connectivity index (χ0) is 21.3. The van der Waals surface area contributed by atoms with Crippen molar-refractivity contribution in [1.82, 2.24) is 14.8 Å². The van der Waals surface area contributed by atoms with Crippen LogP contribution in [0.5, 0.6) is 0 Å². The first-order chi connectivity index (χ1) is 14.3. The average molecular weight is 444 g/mol. The molecule has 0 bridgehead atoms. The van der Waals surface area contributed by atoms with Gasteiger partial charge in [0.05, 0.1) is 16.8 Å². The highest BCUT2D eigenvalue weighted by Gasteiger charge is 2.16. The van der Waals surface area contributed by atoms with Crippen molar-refractivity contribution in [3.63, 3.8) is 0 Å². The van der Waals surface area contributed by atoms with E-state index in [2.05, 4.69) is 15.4 Å². The van der Waals surface area contributed by atoms with Crippen LogP contribution in [0.2, 0.25) is 0 Å². The predicted molar refractivity (Wildman–Crippen MR) is 113 cm³/mol. The van der Waals surface area contributed by atoms with Gasteiger partial charge in [-0.3, -0.25) is 0 Å². The van der Waals surface area contributed by atoms with E-state index in [-0.39, 0.29) is 10.6 Å². The maximum Gasteiger partial charge on any atom is 0.238 e. The fourth-order valence-corrected chi connectivity index (χ4v) is 4.03. The second-order valence-corrected chi connectivity index (χ2v) is 8.72. The van der Waals surface area contributed by atoms with E-state index in [4.69, 9.17) is 5.14 Å². The Morgan fingerprint density at radius 2 is 1.77 bits per heavy atom. The second kappa shape index (κ2) is 7.97. The highest BCUT2D eigenvalue weighted by atomic mass is 32.2. The smallest absolute Gasteiger partial charge is 0.238 e. The number of aromatic nitrogens is 3. The lowest BCUT2D eigenvalue weighted by atomic mass is 10.1. The number of rotatable bonds is 6. The number of nitrogens with two attached hydrogens (primary N) is 1. The molecule has 5 N–H and O–H groups in total. The largest absolute Gasteiger partial charge is 0.363 e. The monoisotopic (exact) mass is 443 g/mol. The minimum Gasteiger partial charge on any atom is -0.363 e. The van der Waals surface area contributed by atoms with Gasteiger partial charge in [-0.15, -0.1) is 11.3 Å². The molecule has 11 heteroatoms. The number of benzene rings is 2. The van der Waals surface area contributed by atoms with Gasteiger partial charge in [-0.25, -0.2) is 23.2 Å². The third kappa shape index (κ3) is 4.25. The first-order valence-corrected chi connectivity index (χ1v) is 11.1. The number of nitrogens with zero attached hydrogens (tertiary/aromatic N) is 3. The Labute approximate surface area is 176 Å². The zero-order valence-corrected chi connectivity index (χ0v) is 17.0. The molecule has 30 heavy (non-hydrogen) atoms. The Kier molecular flexibility index (Phi) is 5.37. The van der Waals surface area contributed by atoms with Crippen LogP contribution in [0, 0.1) is 0 Å². The Morgan fingerprint density at radius 3 is 2.37 bits per heavy atom. The quantitative estimate of drug-likeness (QED) is 0.335. The van der Waals surface area contributed by atoms with Gasteiger partial charge in [0.2, 0.25) is 15.2 Å². The summed E-state index contributed by atoms with van der Waals surface area (Å²) in [5, 5.41) is 33.6.